The first-order valence-corrected chi connectivity index (χ1v) is 5.40. The summed E-state index contributed by atoms with van der Waals surface area (Å²) < 4.78 is 15.7. The van der Waals surface area contributed by atoms with Crippen LogP contribution in [0.3, 0.4) is 0 Å². The second kappa shape index (κ2) is 4.87. The molecule has 1 aromatic heterocycles. The number of furan rings is 1. The zero-order valence-corrected chi connectivity index (χ0v) is 10.1. The lowest BCUT2D eigenvalue weighted by molar-refractivity contribution is -0.170. The fourth-order valence-corrected chi connectivity index (χ4v) is 1.86. The largest absolute Gasteiger partial charge is 0.458 e. The fraction of sp³-hybridized carbons (Fsp3) is 0.385. The lowest BCUT2D eigenvalue weighted by atomic mass is 10.1. The van der Waals surface area contributed by atoms with E-state index in [4.69, 9.17) is 13.9 Å². The molecule has 2 rings (SSSR count). The minimum Gasteiger partial charge on any atom is -0.458 e. The monoisotopic (exact) mass is 236 g/mol. The lowest BCUT2D eigenvalue weighted by Gasteiger charge is -2.17. The number of ether oxygens (including phenoxy) is 2. The minimum atomic E-state index is -0.934. The molecule has 4 heteroatoms. The Balaban J connectivity index is 2.39. The molecule has 0 bridgehead atoms. The smallest absolute Gasteiger partial charge is 0.190 e. The van der Waals surface area contributed by atoms with E-state index in [0.717, 1.165) is 16.5 Å². The van der Waals surface area contributed by atoms with Gasteiger partial charge in [0.2, 0.25) is 0 Å². The summed E-state index contributed by atoms with van der Waals surface area (Å²) in [4.78, 5) is 0. The van der Waals surface area contributed by atoms with Crippen molar-refractivity contribution in [3.8, 4) is 0 Å². The van der Waals surface area contributed by atoms with Gasteiger partial charge in [0.25, 0.3) is 0 Å². The van der Waals surface area contributed by atoms with E-state index in [9.17, 15) is 5.11 Å². The summed E-state index contributed by atoms with van der Waals surface area (Å²) in [6.07, 6.45) is -1.66. The van der Waals surface area contributed by atoms with Crippen LogP contribution in [0.25, 0.3) is 11.0 Å². The molecule has 1 N–H and O–H groups in total. The molecule has 1 heterocycles. The van der Waals surface area contributed by atoms with Crippen LogP contribution in [-0.2, 0) is 9.47 Å². The maximum absolute atomic E-state index is 10.0. The number of aliphatic hydroxyl groups excluding tert-OH is 1. The van der Waals surface area contributed by atoms with Gasteiger partial charge in [-0.25, -0.2) is 0 Å². The first kappa shape index (κ1) is 12.1. The molecule has 0 spiro atoms. The molecule has 0 aliphatic rings. The van der Waals surface area contributed by atoms with Crippen molar-refractivity contribution in [2.24, 2.45) is 0 Å². The summed E-state index contributed by atoms with van der Waals surface area (Å²) in [7, 11) is 2.95. The van der Waals surface area contributed by atoms with Crippen molar-refractivity contribution in [2.75, 3.05) is 14.2 Å². The summed E-state index contributed by atoms with van der Waals surface area (Å²) in [5, 5.41) is 11.0. The van der Waals surface area contributed by atoms with Crippen molar-refractivity contribution >= 4 is 11.0 Å². The molecule has 0 saturated heterocycles. The van der Waals surface area contributed by atoms with E-state index in [0.29, 0.717) is 5.76 Å². The molecular formula is C13H16O4. The molecule has 92 valence electrons. The van der Waals surface area contributed by atoms with E-state index in [-0.39, 0.29) is 0 Å². The van der Waals surface area contributed by atoms with Crippen molar-refractivity contribution in [1.82, 2.24) is 0 Å². The van der Waals surface area contributed by atoms with Crippen LogP contribution in [0.1, 0.15) is 17.4 Å². The van der Waals surface area contributed by atoms with Gasteiger partial charge in [0, 0.05) is 19.6 Å². The second-order valence-electron chi connectivity index (χ2n) is 3.93. The van der Waals surface area contributed by atoms with Gasteiger partial charge in [0.1, 0.15) is 11.3 Å². The highest BCUT2D eigenvalue weighted by atomic mass is 16.7. The predicted octanol–water partition coefficient (Wildman–Crippen LogP) is 2.39. The summed E-state index contributed by atoms with van der Waals surface area (Å²) in [5.41, 5.74) is 1.82. The molecule has 1 unspecified atom stereocenters. The van der Waals surface area contributed by atoms with Crippen LogP contribution in [0.15, 0.2) is 28.7 Å². The Labute approximate surface area is 99.8 Å². The van der Waals surface area contributed by atoms with Crippen molar-refractivity contribution in [2.45, 2.75) is 19.3 Å². The van der Waals surface area contributed by atoms with Gasteiger partial charge in [-0.05, 0) is 18.6 Å². The SMILES string of the molecule is COC(OC)C(O)c1cc2cccc(C)c2o1. The number of benzene rings is 1. The molecule has 1 atom stereocenters. The number of aryl methyl sites for hydroxylation is 1. The van der Waals surface area contributed by atoms with Crippen LogP contribution in [-0.4, -0.2) is 25.6 Å². The Morgan fingerprint density at radius 3 is 2.53 bits per heavy atom. The molecule has 2 aromatic rings. The third-order valence-corrected chi connectivity index (χ3v) is 2.77. The van der Waals surface area contributed by atoms with Crippen molar-refractivity contribution in [3.63, 3.8) is 0 Å². The quantitative estimate of drug-likeness (QED) is 0.828. The average molecular weight is 236 g/mol. The number of fused-ring (bicyclic) bond motifs is 1. The number of methoxy groups -OCH3 is 2. The first-order valence-electron chi connectivity index (χ1n) is 5.40. The number of para-hydroxylation sites is 1. The van der Waals surface area contributed by atoms with Crippen LogP contribution < -0.4 is 0 Å². The third kappa shape index (κ3) is 2.20. The van der Waals surface area contributed by atoms with Crippen LogP contribution in [0.4, 0.5) is 0 Å². The molecule has 0 radical (unpaired) electrons. The molecule has 0 aliphatic heterocycles. The molecule has 1 aromatic carbocycles. The highest BCUT2D eigenvalue weighted by Crippen LogP contribution is 2.28. The van der Waals surface area contributed by atoms with Gasteiger partial charge in [-0.1, -0.05) is 18.2 Å². The predicted molar refractivity (Wildman–Crippen MR) is 63.7 cm³/mol. The Morgan fingerprint density at radius 1 is 1.24 bits per heavy atom. The summed E-state index contributed by atoms with van der Waals surface area (Å²) in [6.45, 7) is 1.96. The maximum Gasteiger partial charge on any atom is 0.190 e. The summed E-state index contributed by atoms with van der Waals surface area (Å²) in [6, 6.07) is 7.66. The maximum atomic E-state index is 10.0. The Bertz CT molecular complexity index is 499. The molecule has 4 nitrogen and oxygen atoms in total. The fourth-order valence-electron chi connectivity index (χ4n) is 1.86. The Morgan fingerprint density at radius 2 is 1.94 bits per heavy atom. The summed E-state index contributed by atoms with van der Waals surface area (Å²) >= 11 is 0. The normalized spacial score (nSPS) is 13.5. The first-order chi connectivity index (χ1) is 8.17. The summed E-state index contributed by atoms with van der Waals surface area (Å²) in [5.74, 6) is 0.447. The second-order valence-corrected chi connectivity index (χ2v) is 3.93. The molecule has 17 heavy (non-hydrogen) atoms. The van der Waals surface area contributed by atoms with Crippen molar-refractivity contribution in [1.29, 1.82) is 0 Å². The van der Waals surface area contributed by atoms with Gasteiger partial charge in [-0.2, -0.15) is 0 Å². The third-order valence-electron chi connectivity index (χ3n) is 2.77. The topological polar surface area (TPSA) is 51.8 Å². The standard InChI is InChI=1S/C13H16O4/c1-8-5-4-6-9-7-10(17-12(8)9)11(14)13(15-2)16-3/h4-7,11,13-14H,1-3H3. The van der Waals surface area contributed by atoms with E-state index in [2.05, 4.69) is 0 Å². The highest BCUT2D eigenvalue weighted by molar-refractivity contribution is 5.80. The van der Waals surface area contributed by atoms with Crippen molar-refractivity contribution < 1.29 is 19.0 Å². The van der Waals surface area contributed by atoms with E-state index in [1.807, 2.05) is 25.1 Å². The average Bonchev–Trinajstić information content (AvgIpc) is 2.76. The Hall–Kier alpha value is -1.36. The Kier molecular flexibility index (Phi) is 3.47. The zero-order valence-electron chi connectivity index (χ0n) is 10.1. The van der Waals surface area contributed by atoms with Gasteiger partial charge in [0.05, 0.1) is 0 Å². The molecular weight excluding hydrogens is 220 g/mol. The molecule has 0 aliphatic carbocycles. The van der Waals surface area contributed by atoms with Gasteiger partial charge in [-0.15, -0.1) is 0 Å². The minimum absolute atomic E-state index is 0.447. The number of rotatable bonds is 4. The van der Waals surface area contributed by atoms with Gasteiger partial charge >= 0.3 is 0 Å². The molecule has 0 amide bonds. The number of hydrogen-bond donors (Lipinski definition) is 1. The van der Waals surface area contributed by atoms with Gasteiger partial charge in [0.15, 0.2) is 12.4 Å². The highest BCUT2D eigenvalue weighted by Gasteiger charge is 2.23. The zero-order chi connectivity index (χ0) is 12.4. The van der Waals surface area contributed by atoms with Crippen LogP contribution in [0.5, 0.6) is 0 Å². The van der Waals surface area contributed by atoms with E-state index < -0.39 is 12.4 Å². The van der Waals surface area contributed by atoms with E-state index in [1.165, 1.54) is 14.2 Å². The van der Waals surface area contributed by atoms with Gasteiger partial charge in [-0.3, -0.25) is 0 Å². The van der Waals surface area contributed by atoms with E-state index in [1.54, 1.807) is 6.07 Å². The van der Waals surface area contributed by atoms with Crippen LogP contribution >= 0.6 is 0 Å². The van der Waals surface area contributed by atoms with Crippen LogP contribution in [0.2, 0.25) is 0 Å². The van der Waals surface area contributed by atoms with E-state index >= 15 is 0 Å². The number of hydrogen-bond acceptors (Lipinski definition) is 4. The molecule has 0 fully saturated rings. The van der Waals surface area contributed by atoms with Crippen LogP contribution in [0, 0.1) is 6.92 Å². The lowest BCUT2D eigenvalue weighted by Crippen LogP contribution is -2.22. The van der Waals surface area contributed by atoms with Crippen molar-refractivity contribution in [3.05, 3.63) is 35.6 Å². The number of aliphatic hydroxyl groups is 1. The molecule has 0 saturated carbocycles. The van der Waals surface area contributed by atoms with Gasteiger partial charge < -0.3 is 19.0 Å².